The van der Waals surface area contributed by atoms with E-state index >= 15 is 0 Å². The van der Waals surface area contributed by atoms with Gasteiger partial charge < -0.3 is 19.9 Å². The number of alkyl carbamates (subject to hydrolysis) is 1. The Kier molecular flexibility index (Phi) is 5.23. The van der Waals surface area contributed by atoms with Crippen LogP contribution in [0.5, 0.6) is 0 Å². The molecule has 2 aromatic heterocycles. The lowest BCUT2D eigenvalue weighted by Crippen LogP contribution is -2.32. The van der Waals surface area contributed by atoms with Crippen molar-refractivity contribution in [1.29, 1.82) is 0 Å². The molecule has 24 heavy (non-hydrogen) atoms. The summed E-state index contributed by atoms with van der Waals surface area (Å²) in [5.41, 5.74) is 0.0163. The zero-order valence-corrected chi connectivity index (χ0v) is 15.0. The predicted octanol–water partition coefficient (Wildman–Crippen LogP) is 3.02. The van der Waals surface area contributed by atoms with Gasteiger partial charge in [0.2, 0.25) is 0 Å². The number of aromatic nitrogens is 2. The van der Waals surface area contributed by atoms with Crippen LogP contribution in [0.15, 0.2) is 10.6 Å². The molecule has 2 aromatic rings. The van der Waals surface area contributed by atoms with E-state index in [1.165, 1.54) is 11.3 Å². The normalized spacial score (nSPS) is 11.2. The fourth-order valence-corrected chi connectivity index (χ4v) is 2.70. The third kappa shape index (κ3) is 5.05. The van der Waals surface area contributed by atoms with Crippen LogP contribution >= 0.6 is 11.3 Å². The highest BCUT2D eigenvalue weighted by atomic mass is 32.1. The van der Waals surface area contributed by atoms with E-state index in [0.29, 0.717) is 27.2 Å². The van der Waals surface area contributed by atoms with Crippen molar-refractivity contribution in [2.75, 3.05) is 5.32 Å². The number of ether oxygens (including phenoxy) is 1. The Bertz CT molecular complexity index is 745. The molecule has 2 heterocycles. The average molecular weight is 352 g/mol. The molecule has 0 atom stereocenters. The fourth-order valence-electron chi connectivity index (χ4n) is 1.80. The molecule has 130 valence electrons. The summed E-state index contributed by atoms with van der Waals surface area (Å²) in [6.45, 7) is 9.02. The number of carbonyl (C=O) groups is 2. The summed E-state index contributed by atoms with van der Waals surface area (Å²) in [7, 11) is 0. The molecule has 0 bridgehead atoms. The highest BCUT2D eigenvalue weighted by Gasteiger charge is 2.19. The van der Waals surface area contributed by atoms with Crippen LogP contribution in [0.2, 0.25) is 0 Å². The Labute approximate surface area is 143 Å². The topological polar surface area (TPSA) is 106 Å². The number of rotatable bonds is 4. The van der Waals surface area contributed by atoms with Gasteiger partial charge >= 0.3 is 6.09 Å². The molecule has 0 saturated carbocycles. The quantitative estimate of drug-likeness (QED) is 0.876. The summed E-state index contributed by atoms with van der Waals surface area (Å²) in [6.07, 6.45) is -0.528. The Balaban J connectivity index is 1.96. The molecule has 0 aliphatic heterocycles. The molecule has 0 fully saturated rings. The SMILES string of the molecule is Cc1cc(NC(=O)c2sc(CNC(=O)OC(C)(C)C)nc2C)no1. The van der Waals surface area contributed by atoms with Gasteiger partial charge in [0.25, 0.3) is 5.91 Å². The molecule has 2 amide bonds. The second-order valence-electron chi connectivity index (χ2n) is 6.15. The highest BCUT2D eigenvalue weighted by Crippen LogP contribution is 2.20. The number of anilines is 1. The number of aryl methyl sites for hydroxylation is 2. The van der Waals surface area contributed by atoms with Crippen molar-refractivity contribution in [2.24, 2.45) is 0 Å². The third-order valence-electron chi connectivity index (χ3n) is 2.70. The number of hydrogen-bond donors (Lipinski definition) is 2. The minimum Gasteiger partial charge on any atom is -0.444 e. The zero-order valence-electron chi connectivity index (χ0n) is 14.2. The van der Waals surface area contributed by atoms with Crippen molar-refractivity contribution in [1.82, 2.24) is 15.5 Å². The van der Waals surface area contributed by atoms with E-state index in [9.17, 15) is 9.59 Å². The average Bonchev–Trinajstić information content (AvgIpc) is 3.00. The third-order valence-corrected chi connectivity index (χ3v) is 3.86. The van der Waals surface area contributed by atoms with Crippen LogP contribution in [-0.2, 0) is 11.3 Å². The summed E-state index contributed by atoms with van der Waals surface area (Å²) in [5.74, 6) is 0.633. The van der Waals surface area contributed by atoms with Crippen LogP contribution in [-0.4, -0.2) is 27.7 Å². The van der Waals surface area contributed by atoms with Crippen molar-refractivity contribution in [3.05, 3.63) is 27.4 Å². The number of hydrogen-bond acceptors (Lipinski definition) is 7. The van der Waals surface area contributed by atoms with Crippen molar-refractivity contribution in [3.8, 4) is 0 Å². The van der Waals surface area contributed by atoms with Crippen LogP contribution in [0.3, 0.4) is 0 Å². The molecule has 9 heteroatoms. The first kappa shape index (κ1) is 17.9. The number of carbonyl (C=O) groups excluding carboxylic acids is 2. The molecule has 0 aliphatic carbocycles. The second-order valence-corrected chi connectivity index (χ2v) is 7.24. The van der Waals surface area contributed by atoms with Crippen LogP contribution in [0.25, 0.3) is 0 Å². The van der Waals surface area contributed by atoms with Crippen molar-refractivity contribution in [2.45, 2.75) is 46.8 Å². The van der Waals surface area contributed by atoms with Gasteiger partial charge in [0.05, 0.1) is 12.2 Å². The number of nitrogens with zero attached hydrogens (tertiary/aromatic N) is 2. The maximum absolute atomic E-state index is 12.2. The first-order valence-electron chi connectivity index (χ1n) is 7.32. The number of nitrogens with one attached hydrogen (secondary N) is 2. The Morgan fingerprint density at radius 1 is 1.33 bits per heavy atom. The van der Waals surface area contributed by atoms with E-state index in [0.717, 1.165) is 0 Å². The molecule has 0 unspecified atom stereocenters. The minimum atomic E-state index is -0.566. The molecule has 0 aromatic carbocycles. The van der Waals surface area contributed by atoms with Gasteiger partial charge in [-0.3, -0.25) is 4.79 Å². The first-order valence-corrected chi connectivity index (χ1v) is 8.13. The lowest BCUT2D eigenvalue weighted by molar-refractivity contribution is 0.0523. The molecule has 2 N–H and O–H groups in total. The zero-order chi connectivity index (χ0) is 17.9. The lowest BCUT2D eigenvalue weighted by atomic mass is 10.2. The van der Waals surface area contributed by atoms with Crippen LogP contribution in [0.4, 0.5) is 10.6 Å². The highest BCUT2D eigenvalue weighted by molar-refractivity contribution is 7.13. The Morgan fingerprint density at radius 3 is 2.62 bits per heavy atom. The van der Waals surface area contributed by atoms with E-state index in [2.05, 4.69) is 20.8 Å². The Hall–Kier alpha value is -2.42. The van der Waals surface area contributed by atoms with E-state index in [1.807, 2.05) is 0 Å². The van der Waals surface area contributed by atoms with Gasteiger partial charge in [-0.1, -0.05) is 5.16 Å². The van der Waals surface area contributed by atoms with Gasteiger partial charge in [0, 0.05) is 6.07 Å². The summed E-state index contributed by atoms with van der Waals surface area (Å²) in [6, 6.07) is 1.62. The molecular weight excluding hydrogens is 332 g/mol. The first-order chi connectivity index (χ1) is 11.1. The monoisotopic (exact) mass is 352 g/mol. The van der Waals surface area contributed by atoms with Crippen molar-refractivity contribution >= 4 is 29.2 Å². The van der Waals surface area contributed by atoms with E-state index in [4.69, 9.17) is 9.26 Å². The van der Waals surface area contributed by atoms with Gasteiger partial charge in [-0.15, -0.1) is 11.3 Å². The smallest absolute Gasteiger partial charge is 0.408 e. The summed E-state index contributed by atoms with van der Waals surface area (Å²) < 4.78 is 10.1. The van der Waals surface area contributed by atoms with Gasteiger partial charge in [-0.25, -0.2) is 9.78 Å². The van der Waals surface area contributed by atoms with Gasteiger partial charge in [-0.2, -0.15) is 0 Å². The molecule has 2 rings (SSSR count). The minimum absolute atomic E-state index is 0.191. The molecule has 0 radical (unpaired) electrons. The molecular formula is C15H20N4O4S. The molecule has 0 saturated heterocycles. The number of thiazole rings is 1. The fraction of sp³-hybridized carbons (Fsp3) is 0.467. The van der Waals surface area contributed by atoms with Gasteiger partial charge in [0.1, 0.15) is 21.2 Å². The van der Waals surface area contributed by atoms with Crippen molar-refractivity contribution < 1.29 is 18.8 Å². The van der Waals surface area contributed by atoms with Gasteiger partial charge in [0.15, 0.2) is 5.82 Å². The second kappa shape index (κ2) is 7.00. The van der Waals surface area contributed by atoms with Crippen LogP contribution in [0.1, 0.15) is 46.9 Å². The summed E-state index contributed by atoms with van der Waals surface area (Å²) in [4.78, 5) is 28.6. The van der Waals surface area contributed by atoms with E-state index in [1.54, 1.807) is 40.7 Å². The number of amides is 2. The van der Waals surface area contributed by atoms with E-state index < -0.39 is 11.7 Å². The predicted molar refractivity (Wildman–Crippen MR) is 89.1 cm³/mol. The van der Waals surface area contributed by atoms with Gasteiger partial charge in [-0.05, 0) is 34.6 Å². The maximum atomic E-state index is 12.2. The molecule has 8 nitrogen and oxygen atoms in total. The van der Waals surface area contributed by atoms with Crippen molar-refractivity contribution in [3.63, 3.8) is 0 Å². The maximum Gasteiger partial charge on any atom is 0.408 e. The van der Waals surface area contributed by atoms with Crippen LogP contribution in [0, 0.1) is 13.8 Å². The summed E-state index contributed by atoms with van der Waals surface area (Å²) in [5, 5.41) is 9.59. The van der Waals surface area contributed by atoms with Crippen LogP contribution < -0.4 is 10.6 Å². The molecule has 0 spiro atoms. The molecule has 0 aliphatic rings. The van der Waals surface area contributed by atoms with E-state index in [-0.39, 0.29) is 12.5 Å². The largest absolute Gasteiger partial charge is 0.444 e. The lowest BCUT2D eigenvalue weighted by Gasteiger charge is -2.19. The standard InChI is InChI=1S/C15H20N4O4S/c1-8-6-10(19-23-8)18-13(20)12-9(2)17-11(24-12)7-16-14(21)22-15(3,4)5/h6H,7H2,1-5H3,(H,16,21)(H,18,19,20). The summed E-state index contributed by atoms with van der Waals surface area (Å²) >= 11 is 1.20. The Morgan fingerprint density at radius 2 is 2.04 bits per heavy atom.